The fraction of sp³-hybridized carbons (Fsp3) is 0.500. The summed E-state index contributed by atoms with van der Waals surface area (Å²) in [6, 6.07) is 8.45. The number of hydrogen-bond acceptors (Lipinski definition) is 4. The van der Waals surface area contributed by atoms with Crippen molar-refractivity contribution >= 4 is 15.9 Å². The average Bonchev–Trinajstić information content (AvgIpc) is 3.26. The molecule has 0 bridgehead atoms. The highest BCUT2D eigenvalue weighted by atomic mass is 79.9. The van der Waals surface area contributed by atoms with Crippen LogP contribution in [0.15, 0.2) is 33.2 Å². The van der Waals surface area contributed by atoms with Crippen LogP contribution in [0.4, 0.5) is 0 Å². The van der Waals surface area contributed by atoms with Crippen LogP contribution in [0.25, 0.3) is 0 Å². The standard InChI is InChI=1S/C16H17BrN2O2/c17-13-5-3-12(4-6-13)16(7-9-20-10-8-16)15-19-18-14(21-15)11-1-2-11/h3-6,11H,1-2,7-10H2. The summed E-state index contributed by atoms with van der Waals surface area (Å²) >= 11 is 3.50. The molecular weight excluding hydrogens is 332 g/mol. The molecule has 0 atom stereocenters. The van der Waals surface area contributed by atoms with E-state index in [0.717, 1.165) is 42.3 Å². The first-order valence-electron chi connectivity index (χ1n) is 7.46. The van der Waals surface area contributed by atoms with Gasteiger partial charge < -0.3 is 9.15 Å². The first kappa shape index (κ1) is 13.5. The summed E-state index contributed by atoms with van der Waals surface area (Å²) in [6.07, 6.45) is 4.13. The molecule has 1 saturated heterocycles. The molecule has 0 radical (unpaired) electrons. The SMILES string of the molecule is Brc1ccc(C2(c3nnc(C4CC4)o3)CCOCC2)cc1. The molecule has 1 aromatic carbocycles. The van der Waals surface area contributed by atoms with Gasteiger partial charge in [0.05, 0.1) is 5.41 Å². The maximum Gasteiger partial charge on any atom is 0.227 e. The minimum atomic E-state index is -0.195. The van der Waals surface area contributed by atoms with E-state index in [4.69, 9.17) is 9.15 Å². The summed E-state index contributed by atoms with van der Waals surface area (Å²) in [5.74, 6) is 2.07. The predicted octanol–water partition coefficient (Wildman–Crippen LogP) is 3.81. The number of nitrogens with zero attached hydrogens (tertiary/aromatic N) is 2. The van der Waals surface area contributed by atoms with Gasteiger partial charge in [-0.1, -0.05) is 28.1 Å². The molecule has 4 rings (SSSR count). The van der Waals surface area contributed by atoms with Crippen molar-refractivity contribution in [1.29, 1.82) is 0 Å². The lowest BCUT2D eigenvalue weighted by Crippen LogP contribution is -2.35. The zero-order valence-electron chi connectivity index (χ0n) is 11.7. The molecule has 0 amide bonds. The van der Waals surface area contributed by atoms with Crippen molar-refractivity contribution in [3.63, 3.8) is 0 Å². The molecule has 2 aromatic rings. The second kappa shape index (κ2) is 5.21. The summed E-state index contributed by atoms with van der Waals surface area (Å²) in [7, 11) is 0. The van der Waals surface area contributed by atoms with Crippen LogP contribution in [-0.2, 0) is 10.2 Å². The van der Waals surface area contributed by atoms with Crippen molar-refractivity contribution in [3.05, 3.63) is 46.1 Å². The zero-order chi connectivity index (χ0) is 14.3. The lowest BCUT2D eigenvalue weighted by Gasteiger charge is -2.34. The van der Waals surface area contributed by atoms with Crippen molar-refractivity contribution in [3.8, 4) is 0 Å². The van der Waals surface area contributed by atoms with Crippen LogP contribution in [0.1, 0.15) is 48.9 Å². The van der Waals surface area contributed by atoms with E-state index < -0.39 is 0 Å². The van der Waals surface area contributed by atoms with Crippen molar-refractivity contribution in [1.82, 2.24) is 10.2 Å². The number of aromatic nitrogens is 2. The quantitative estimate of drug-likeness (QED) is 0.846. The third kappa shape index (κ3) is 2.42. The van der Waals surface area contributed by atoms with Gasteiger partial charge >= 0.3 is 0 Å². The molecule has 21 heavy (non-hydrogen) atoms. The van der Waals surface area contributed by atoms with Crippen molar-refractivity contribution in [2.24, 2.45) is 0 Å². The van der Waals surface area contributed by atoms with Gasteiger partial charge in [-0.2, -0.15) is 0 Å². The molecule has 0 unspecified atom stereocenters. The van der Waals surface area contributed by atoms with Gasteiger partial charge in [0, 0.05) is 23.6 Å². The molecule has 0 N–H and O–H groups in total. The highest BCUT2D eigenvalue weighted by Gasteiger charge is 2.42. The summed E-state index contributed by atoms with van der Waals surface area (Å²) in [5.41, 5.74) is 1.04. The van der Waals surface area contributed by atoms with Crippen LogP contribution in [0.3, 0.4) is 0 Å². The Morgan fingerprint density at radius 1 is 1.05 bits per heavy atom. The summed E-state index contributed by atoms with van der Waals surface area (Å²) < 4.78 is 12.7. The Hall–Kier alpha value is -1.20. The lowest BCUT2D eigenvalue weighted by atomic mass is 9.74. The Morgan fingerprint density at radius 2 is 1.76 bits per heavy atom. The molecule has 5 heteroatoms. The Labute approximate surface area is 132 Å². The Bertz CT molecular complexity index is 628. The van der Waals surface area contributed by atoms with Crippen LogP contribution in [0.5, 0.6) is 0 Å². The Kier molecular flexibility index (Phi) is 3.34. The van der Waals surface area contributed by atoms with E-state index in [0.29, 0.717) is 5.92 Å². The smallest absolute Gasteiger partial charge is 0.227 e. The Balaban J connectivity index is 1.76. The number of ether oxygens (including phenoxy) is 1. The van der Waals surface area contributed by atoms with Crippen molar-refractivity contribution in [2.75, 3.05) is 13.2 Å². The van der Waals surface area contributed by atoms with Gasteiger partial charge in [-0.3, -0.25) is 0 Å². The minimum absolute atomic E-state index is 0.195. The average molecular weight is 349 g/mol. The van der Waals surface area contributed by atoms with Gasteiger partial charge in [-0.05, 0) is 43.4 Å². The number of halogens is 1. The minimum Gasteiger partial charge on any atom is -0.424 e. The van der Waals surface area contributed by atoms with Crippen LogP contribution in [-0.4, -0.2) is 23.4 Å². The van der Waals surface area contributed by atoms with Crippen molar-refractivity contribution < 1.29 is 9.15 Å². The predicted molar refractivity (Wildman–Crippen MR) is 81.2 cm³/mol. The van der Waals surface area contributed by atoms with E-state index in [2.05, 4.69) is 50.4 Å². The highest BCUT2D eigenvalue weighted by molar-refractivity contribution is 9.10. The van der Waals surface area contributed by atoms with Crippen LogP contribution < -0.4 is 0 Å². The topological polar surface area (TPSA) is 48.2 Å². The molecule has 4 nitrogen and oxygen atoms in total. The number of rotatable bonds is 3. The van der Waals surface area contributed by atoms with Gasteiger partial charge in [0.25, 0.3) is 0 Å². The van der Waals surface area contributed by atoms with Gasteiger partial charge in [0.2, 0.25) is 11.8 Å². The number of benzene rings is 1. The fourth-order valence-corrected chi connectivity index (χ4v) is 3.30. The maximum atomic E-state index is 6.05. The molecule has 0 spiro atoms. The molecular formula is C16H17BrN2O2. The molecule has 2 aliphatic rings. The molecule has 1 aliphatic carbocycles. The normalized spacial score (nSPS) is 21.4. The van der Waals surface area contributed by atoms with Gasteiger partial charge in [-0.15, -0.1) is 10.2 Å². The highest BCUT2D eigenvalue weighted by Crippen LogP contribution is 2.44. The monoisotopic (exact) mass is 348 g/mol. The van der Waals surface area contributed by atoms with Gasteiger partial charge in [0.15, 0.2) is 0 Å². The van der Waals surface area contributed by atoms with E-state index in [1.54, 1.807) is 0 Å². The molecule has 2 fully saturated rings. The second-order valence-corrected chi connectivity index (χ2v) is 6.84. The maximum absolute atomic E-state index is 6.05. The fourth-order valence-electron chi connectivity index (χ4n) is 3.04. The first-order chi connectivity index (χ1) is 10.3. The first-order valence-corrected chi connectivity index (χ1v) is 8.25. The second-order valence-electron chi connectivity index (χ2n) is 5.92. The van der Waals surface area contributed by atoms with Gasteiger partial charge in [-0.25, -0.2) is 0 Å². The van der Waals surface area contributed by atoms with Crippen LogP contribution in [0, 0.1) is 0 Å². The van der Waals surface area contributed by atoms with Crippen LogP contribution >= 0.6 is 15.9 Å². The molecule has 1 saturated carbocycles. The number of hydrogen-bond donors (Lipinski definition) is 0. The van der Waals surface area contributed by atoms with Crippen LogP contribution in [0.2, 0.25) is 0 Å². The summed E-state index contributed by atoms with van der Waals surface area (Å²) in [6.45, 7) is 1.47. The van der Waals surface area contributed by atoms with Gasteiger partial charge in [0.1, 0.15) is 0 Å². The third-order valence-corrected chi connectivity index (χ3v) is 5.05. The molecule has 110 valence electrons. The van der Waals surface area contributed by atoms with E-state index >= 15 is 0 Å². The Morgan fingerprint density at radius 3 is 2.43 bits per heavy atom. The zero-order valence-corrected chi connectivity index (χ0v) is 13.3. The van der Waals surface area contributed by atoms with E-state index in [1.165, 1.54) is 18.4 Å². The summed E-state index contributed by atoms with van der Waals surface area (Å²) in [5, 5.41) is 8.66. The lowest BCUT2D eigenvalue weighted by molar-refractivity contribution is 0.0540. The molecule has 2 heterocycles. The van der Waals surface area contributed by atoms with Crippen molar-refractivity contribution in [2.45, 2.75) is 37.0 Å². The molecule has 1 aromatic heterocycles. The molecule has 1 aliphatic heterocycles. The largest absolute Gasteiger partial charge is 0.424 e. The van der Waals surface area contributed by atoms with E-state index in [9.17, 15) is 0 Å². The van der Waals surface area contributed by atoms with E-state index in [-0.39, 0.29) is 5.41 Å². The third-order valence-electron chi connectivity index (χ3n) is 4.52. The summed E-state index contributed by atoms with van der Waals surface area (Å²) in [4.78, 5) is 0. The van der Waals surface area contributed by atoms with E-state index in [1.807, 2.05) is 0 Å².